The van der Waals surface area contributed by atoms with Gasteiger partial charge in [0.15, 0.2) is 0 Å². The molecule has 148 valence electrons. The number of amides is 1. The molecule has 8 nitrogen and oxygen atoms in total. The zero-order chi connectivity index (χ0) is 21.0. The van der Waals surface area contributed by atoms with Crippen LogP contribution in [0, 0.1) is 10.1 Å². The largest absolute Gasteiger partial charge is 0.462 e. The predicted molar refractivity (Wildman–Crippen MR) is 109 cm³/mol. The van der Waals surface area contributed by atoms with Gasteiger partial charge < -0.3 is 9.64 Å². The van der Waals surface area contributed by atoms with E-state index in [4.69, 9.17) is 4.74 Å². The van der Waals surface area contributed by atoms with Gasteiger partial charge in [-0.2, -0.15) is 0 Å². The molecule has 3 rings (SSSR count). The van der Waals surface area contributed by atoms with Gasteiger partial charge >= 0.3 is 5.97 Å². The number of para-hydroxylation sites is 1. The first kappa shape index (κ1) is 20.2. The molecule has 0 radical (unpaired) electrons. The first-order valence-electron chi connectivity index (χ1n) is 8.67. The van der Waals surface area contributed by atoms with Crippen molar-refractivity contribution in [3.8, 4) is 10.6 Å². The highest BCUT2D eigenvalue weighted by atomic mass is 32.1. The van der Waals surface area contributed by atoms with E-state index in [1.165, 1.54) is 28.4 Å². The van der Waals surface area contributed by atoms with Crippen LogP contribution >= 0.6 is 11.3 Å². The molecule has 0 saturated heterocycles. The molecular weight excluding hydrogens is 394 g/mol. The molecule has 2 aromatic carbocycles. The van der Waals surface area contributed by atoms with Gasteiger partial charge in [0.05, 0.1) is 22.8 Å². The van der Waals surface area contributed by atoms with Crippen molar-refractivity contribution in [2.45, 2.75) is 6.92 Å². The number of nitro groups is 1. The fourth-order valence-corrected chi connectivity index (χ4v) is 3.48. The number of esters is 1. The van der Waals surface area contributed by atoms with Crippen LogP contribution in [0.4, 0.5) is 11.4 Å². The minimum Gasteiger partial charge on any atom is -0.462 e. The second kappa shape index (κ2) is 8.61. The summed E-state index contributed by atoms with van der Waals surface area (Å²) >= 11 is 1.21. The number of benzene rings is 2. The first-order chi connectivity index (χ1) is 13.9. The number of nitro benzene ring substituents is 1. The van der Waals surface area contributed by atoms with Gasteiger partial charge in [0.25, 0.3) is 11.6 Å². The highest BCUT2D eigenvalue weighted by Crippen LogP contribution is 2.28. The summed E-state index contributed by atoms with van der Waals surface area (Å²) in [6, 6.07) is 12.7. The highest BCUT2D eigenvalue weighted by Gasteiger charge is 2.22. The molecule has 0 fully saturated rings. The van der Waals surface area contributed by atoms with E-state index in [1.807, 2.05) is 0 Å². The molecule has 9 heteroatoms. The number of carbonyl (C=O) groups excluding carboxylic acids is 2. The van der Waals surface area contributed by atoms with Crippen molar-refractivity contribution in [2.75, 3.05) is 18.6 Å². The number of nitrogens with zero attached hydrogens (tertiary/aromatic N) is 3. The Bertz CT molecular complexity index is 1080. The number of non-ortho nitro benzene ring substituents is 1. The Morgan fingerprint density at radius 1 is 1.21 bits per heavy atom. The maximum absolute atomic E-state index is 12.9. The number of carbonyl (C=O) groups is 2. The molecule has 0 N–H and O–H groups in total. The Labute approximate surface area is 170 Å². The number of hydrogen-bond acceptors (Lipinski definition) is 7. The van der Waals surface area contributed by atoms with Crippen LogP contribution in [0.3, 0.4) is 0 Å². The average molecular weight is 411 g/mol. The van der Waals surface area contributed by atoms with E-state index >= 15 is 0 Å². The summed E-state index contributed by atoms with van der Waals surface area (Å²) < 4.78 is 5.05. The summed E-state index contributed by atoms with van der Waals surface area (Å²) in [5, 5.41) is 13.0. The molecule has 0 aliphatic heterocycles. The Hall–Kier alpha value is -3.59. The monoisotopic (exact) mass is 411 g/mol. The van der Waals surface area contributed by atoms with Crippen LogP contribution in [0.25, 0.3) is 10.6 Å². The lowest BCUT2D eigenvalue weighted by Crippen LogP contribution is -2.28. The van der Waals surface area contributed by atoms with Gasteiger partial charge in [-0.05, 0) is 19.1 Å². The van der Waals surface area contributed by atoms with Crippen LogP contribution in [0.15, 0.2) is 53.9 Å². The molecule has 0 saturated carbocycles. The first-order valence-corrected chi connectivity index (χ1v) is 9.55. The van der Waals surface area contributed by atoms with E-state index in [1.54, 1.807) is 55.7 Å². The standard InChI is InChI=1S/C20H17N3O5S/c1-3-28-20(25)15-9-4-5-10-17(15)22(2)19(24)16-12-29-18(21-16)13-7-6-8-14(11-13)23(26)27/h4-12H,3H2,1-2H3. The number of thiazole rings is 1. The van der Waals surface area contributed by atoms with Crippen LogP contribution in [-0.4, -0.2) is 35.4 Å². The van der Waals surface area contributed by atoms with Crippen LogP contribution in [0.5, 0.6) is 0 Å². The Kier molecular flexibility index (Phi) is 5.99. The van der Waals surface area contributed by atoms with Gasteiger partial charge in [0, 0.05) is 30.1 Å². The lowest BCUT2D eigenvalue weighted by Gasteiger charge is -2.19. The van der Waals surface area contributed by atoms with Crippen LogP contribution in [-0.2, 0) is 4.74 Å². The molecule has 0 atom stereocenters. The Balaban J connectivity index is 1.88. The molecule has 0 aliphatic carbocycles. The normalized spacial score (nSPS) is 10.4. The van der Waals surface area contributed by atoms with Crippen molar-refractivity contribution in [3.05, 3.63) is 75.3 Å². The van der Waals surface area contributed by atoms with E-state index in [9.17, 15) is 19.7 Å². The highest BCUT2D eigenvalue weighted by molar-refractivity contribution is 7.13. The summed E-state index contributed by atoms with van der Waals surface area (Å²) in [5.74, 6) is -0.923. The molecule has 29 heavy (non-hydrogen) atoms. The zero-order valence-corrected chi connectivity index (χ0v) is 16.5. The van der Waals surface area contributed by atoms with Gasteiger partial charge in [0.2, 0.25) is 0 Å². The molecule has 1 aromatic heterocycles. The Morgan fingerprint density at radius 2 is 1.97 bits per heavy atom. The van der Waals surface area contributed by atoms with Gasteiger partial charge in [-0.3, -0.25) is 14.9 Å². The lowest BCUT2D eigenvalue weighted by atomic mass is 10.1. The van der Waals surface area contributed by atoms with Crippen LogP contribution in [0.1, 0.15) is 27.8 Å². The summed E-state index contributed by atoms with van der Waals surface area (Å²) in [6.45, 7) is 1.93. The van der Waals surface area contributed by atoms with Gasteiger partial charge in [-0.15, -0.1) is 11.3 Å². The summed E-state index contributed by atoms with van der Waals surface area (Å²) in [4.78, 5) is 41.2. The number of rotatable bonds is 6. The molecule has 1 heterocycles. The van der Waals surface area contributed by atoms with Crippen molar-refractivity contribution in [1.29, 1.82) is 0 Å². The maximum atomic E-state index is 12.9. The lowest BCUT2D eigenvalue weighted by molar-refractivity contribution is -0.384. The van der Waals surface area contributed by atoms with Gasteiger partial charge in [-0.25, -0.2) is 9.78 Å². The van der Waals surface area contributed by atoms with Crippen molar-refractivity contribution in [2.24, 2.45) is 0 Å². The van der Waals surface area contributed by atoms with Gasteiger partial charge in [-0.1, -0.05) is 24.3 Å². The second-order valence-electron chi connectivity index (χ2n) is 5.95. The van der Waals surface area contributed by atoms with E-state index in [0.717, 1.165) is 0 Å². The topological polar surface area (TPSA) is 103 Å². The molecule has 0 spiro atoms. The number of anilines is 1. The average Bonchev–Trinajstić information content (AvgIpc) is 3.23. The summed E-state index contributed by atoms with van der Waals surface area (Å²) in [7, 11) is 1.55. The third kappa shape index (κ3) is 4.30. The third-order valence-electron chi connectivity index (χ3n) is 4.09. The molecule has 3 aromatic rings. The minimum absolute atomic E-state index is 0.0499. The SMILES string of the molecule is CCOC(=O)c1ccccc1N(C)C(=O)c1csc(-c2cccc([N+](=O)[O-])c2)n1. The van der Waals surface area contributed by atoms with Crippen molar-refractivity contribution in [1.82, 2.24) is 4.98 Å². The quantitative estimate of drug-likeness (QED) is 0.343. The minimum atomic E-state index is -0.515. The molecule has 1 amide bonds. The fraction of sp³-hybridized carbons (Fsp3) is 0.150. The fourth-order valence-electron chi connectivity index (χ4n) is 2.69. The summed E-state index contributed by atoms with van der Waals surface area (Å²) in [5.41, 5.74) is 1.36. The zero-order valence-electron chi connectivity index (χ0n) is 15.7. The van der Waals surface area contributed by atoms with Crippen LogP contribution < -0.4 is 4.90 Å². The van der Waals surface area contributed by atoms with Crippen molar-refractivity contribution < 1.29 is 19.2 Å². The smallest absolute Gasteiger partial charge is 0.340 e. The van der Waals surface area contributed by atoms with E-state index in [0.29, 0.717) is 16.3 Å². The van der Waals surface area contributed by atoms with E-state index in [-0.39, 0.29) is 23.6 Å². The van der Waals surface area contributed by atoms with Crippen molar-refractivity contribution in [3.63, 3.8) is 0 Å². The number of aromatic nitrogens is 1. The predicted octanol–water partition coefficient (Wildman–Crippen LogP) is 4.17. The number of hydrogen-bond donors (Lipinski definition) is 0. The Morgan fingerprint density at radius 3 is 2.69 bits per heavy atom. The van der Waals surface area contributed by atoms with Crippen LogP contribution in [0.2, 0.25) is 0 Å². The number of ether oxygens (including phenoxy) is 1. The molecular formula is C20H17N3O5S. The van der Waals surface area contributed by atoms with Crippen molar-refractivity contribution >= 4 is 34.6 Å². The van der Waals surface area contributed by atoms with Gasteiger partial charge in [0.1, 0.15) is 10.7 Å². The van der Waals surface area contributed by atoms with E-state index in [2.05, 4.69) is 4.98 Å². The van der Waals surface area contributed by atoms with E-state index < -0.39 is 16.8 Å². The molecule has 0 unspecified atom stereocenters. The summed E-state index contributed by atoms with van der Waals surface area (Å²) in [6.07, 6.45) is 0. The second-order valence-corrected chi connectivity index (χ2v) is 6.81. The third-order valence-corrected chi connectivity index (χ3v) is 4.98. The maximum Gasteiger partial charge on any atom is 0.340 e. The molecule has 0 aliphatic rings. The molecule has 0 bridgehead atoms.